The van der Waals surface area contributed by atoms with Crippen LogP contribution >= 0.6 is 65.2 Å². The van der Waals surface area contributed by atoms with E-state index in [9.17, 15) is 16.8 Å². The molecule has 6 aromatic rings. The van der Waals surface area contributed by atoms with E-state index < -0.39 is 19.1 Å². The van der Waals surface area contributed by atoms with Gasteiger partial charge in [0.15, 0.2) is 20.8 Å². The molecule has 6 aromatic heterocycles. The number of aromatic nitrogens is 6. The predicted octanol–water partition coefficient (Wildman–Crippen LogP) is 5.89. The maximum Gasteiger partial charge on any atom is 0.279 e. The number of aromatic amines is 1. The molecule has 17 heteroatoms. The van der Waals surface area contributed by atoms with E-state index in [0.717, 1.165) is 31.2 Å². The molecule has 0 unspecified atom stereocenters. The van der Waals surface area contributed by atoms with Crippen molar-refractivity contribution in [3.05, 3.63) is 81.2 Å². The van der Waals surface area contributed by atoms with Crippen LogP contribution in [-0.2, 0) is 19.1 Å². The molecule has 6 rings (SSSR count). The predicted molar refractivity (Wildman–Crippen MR) is 151 cm³/mol. The van der Waals surface area contributed by atoms with Crippen molar-refractivity contribution in [2.45, 2.75) is 8.42 Å². The van der Waals surface area contributed by atoms with Gasteiger partial charge in [-0.1, -0.05) is 12.1 Å². The molecule has 192 valence electrons. The highest BCUT2D eigenvalue weighted by atomic mass is 79.9. The van der Waals surface area contributed by atoms with Gasteiger partial charge < -0.3 is 4.98 Å². The second kappa shape index (κ2) is 11.7. The molecule has 0 saturated carbocycles. The van der Waals surface area contributed by atoms with Crippen LogP contribution in [0.25, 0.3) is 22.3 Å². The summed E-state index contributed by atoms with van der Waals surface area (Å²) in [5, 5.41) is 3.38. The Labute approximate surface area is 240 Å². The van der Waals surface area contributed by atoms with E-state index in [1.165, 1.54) is 17.4 Å². The lowest BCUT2D eigenvalue weighted by Gasteiger charge is -2.04. The molecule has 37 heavy (non-hydrogen) atoms. The second-order valence-electron chi connectivity index (χ2n) is 6.70. The first-order valence-electron chi connectivity index (χ1n) is 9.80. The van der Waals surface area contributed by atoms with E-state index in [-0.39, 0.29) is 13.2 Å². The number of pyridine rings is 2. The van der Waals surface area contributed by atoms with Gasteiger partial charge in [0.1, 0.15) is 13.9 Å². The first kappa shape index (κ1) is 27.8. The Morgan fingerprint density at radius 3 is 2.00 bits per heavy atom. The molecule has 0 radical (unpaired) electrons. The number of H-pyrrole nitrogens is 1. The molecule has 0 atom stereocenters. The maximum atomic E-state index is 12.5. The van der Waals surface area contributed by atoms with Crippen molar-refractivity contribution < 1.29 is 16.8 Å². The highest BCUT2D eigenvalue weighted by Gasteiger charge is 2.24. The molecule has 0 aliphatic carbocycles. The van der Waals surface area contributed by atoms with Gasteiger partial charge in [-0.15, -0.1) is 22.7 Å². The third kappa shape index (κ3) is 6.63. The minimum Gasteiger partial charge on any atom is -0.331 e. The Morgan fingerprint density at radius 1 is 0.811 bits per heavy atom. The Morgan fingerprint density at radius 2 is 1.43 bits per heavy atom. The van der Waals surface area contributed by atoms with Gasteiger partial charge in [0.2, 0.25) is 0 Å². The smallest absolute Gasteiger partial charge is 0.279 e. The van der Waals surface area contributed by atoms with Crippen LogP contribution in [0.15, 0.2) is 89.6 Å². The summed E-state index contributed by atoms with van der Waals surface area (Å²) in [6.07, 6.45) is 3.29. The summed E-state index contributed by atoms with van der Waals surface area (Å²) in [5.74, 6) is 0. The SMILES string of the molecule is Brc1nc2ncccc2[nH]1.O=S(=O)(Cl)c1cccs1.O=S(=O)(c1cccs1)n1c(Br)nc2ncccc21. The number of nitrogens with zero attached hydrogens (tertiary/aromatic N) is 5. The van der Waals surface area contributed by atoms with Crippen molar-refractivity contribution in [1.29, 1.82) is 0 Å². The molecule has 0 saturated heterocycles. The van der Waals surface area contributed by atoms with Gasteiger partial charge >= 0.3 is 0 Å². The molecule has 0 aliphatic heterocycles. The van der Waals surface area contributed by atoms with E-state index in [2.05, 4.69) is 56.8 Å². The fraction of sp³-hybridized carbons (Fsp3) is 0. The number of halogens is 3. The van der Waals surface area contributed by atoms with Crippen LogP contribution in [0.4, 0.5) is 0 Å². The van der Waals surface area contributed by atoms with Gasteiger partial charge in [0, 0.05) is 23.1 Å². The fourth-order valence-corrected chi connectivity index (χ4v) is 8.32. The molecular formula is C20H13Br2ClN6O4S4. The van der Waals surface area contributed by atoms with Crippen molar-refractivity contribution in [1.82, 2.24) is 28.9 Å². The van der Waals surface area contributed by atoms with E-state index in [4.69, 9.17) is 10.7 Å². The van der Waals surface area contributed by atoms with Crippen molar-refractivity contribution in [2.24, 2.45) is 0 Å². The monoisotopic (exact) mass is 722 g/mol. The number of hydrogen-bond acceptors (Lipinski definition) is 10. The number of nitrogens with one attached hydrogen (secondary N) is 1. The van der Waals surface area contributed by atoms with Gasteiger partial charge in [0.05, 0.1) is 5.52 Å². The van der Waals surface area contributed by atoms with Crippen molar-refractivity contribution >= 4 is 107 Å². The zero-order chi connectivity index (χ0) is 26.6. The zero-order valence-electron chi connectivity index (χ0n) is 18.1. The van der Waals surface area contributed by atoms with E-state index in [0.29, 0.717) is 11.2 Å². The molecule has 6 heterocycles. The Kier molecular flexibility index (Phi) is 8.77. The highest BCUT2D eigenvalue weighted by molar-refractivity contribution is 9.10. The fourth-order valence-electron chi connectivity index (χ4n) is 2.81. The normalized spacial score (nSPS) is 11.5. The summed E-state index contributed by atoms with van der Waals surface area (Å²) in [7, 11) is -2.11. The average molecular weight is 725 g/mol. The number of fused-ring (bicyclic) bond motifs is 2. The average Bonchev–Trinajstić information content (AvgIpc) is 3.65. The van der Waals surface area contributed by atoms with Crippen LogP contribution in [0.1, 0.15) is 0 Å². The van der Waals surface area contributed by atoms with Crippen molar-refractivity contribution in [2.75, 3.05) is 0 Å². The Hall–Kier alpha value is -2.21. The summed E-state index contributed by atoms with van der Waals surface area (Å²) in [4.78, 5) is 19.2. The topological polar surface area (TPSA) is 141 Å². The number of thiophene rings is 2. The van der Waals surface area contributed by atoms with Gasteiger partial charge in [-0.05, 0) is 79.0 Å². The van der Waals surface area contributed by atoms with Gasteiger partial charge in [-0.2, -0.15) is 8.42 Å². The molecule has 10 nitrogen and oxygen atoms in total. The Bertz CT molecular complexity index is 1820. The zero-order valence-corrected chi connectivity index (χ0v) is 25.3. The van der Waals surface area contributed by atoms with Gasteiger partial charge in [-0.3, -0.25) is 0 Å². The van der Waals surface area contributed by atoms with Crippen LogP contribution < -0.4 is 0 Å². The number of rotatable bonds is 3. The standard InChI is InChI=1S/C10H6BrN3O2S2.C6H4BrN3.C4H3ClO2S2/c11-10-13-9-7(3-1-5-12-9)14(10)18(15,16)8-4-2-6-17-8;7-6-9-4-2-1-3-8-5(4)10-6;5-9(6,7)4-2-1-3-8-4/h1-6H;1-3H,(H,8,9,10);1-3H. The Balaban J connectivity index is 0.000000143. The minimum atomic E-state index is -3.62. The van der Waals surface area contributed by atoms with Gasteiger partial charge in [-0.25, -0.2) is 32.3 Å². The van der Waals surface area contributed by atoms with Crippen LogP contribution in [-0.4, -0.2) is 45.7 Å². The highest BCUT2D eigenvalue weighted by Crippen LogP contribution is 2.27. The number of hydrogen-bond donors (Lipinski definition) is 1. The third-order valence-electron chi connectivity index (χ3n) is 4.30. The second-order valence-corrected chi connectivity index (χ2v) is 14.9. The number of imidazole rings is 2. The summed E-state index contributed by atoms with van der Waals surface area (Å²) < 4.78 is 48.4. The van der Waals surface area contributed by atoms with Crippen LogP contribution in [0.2, 0.25) is 0 Å². The first-order chi connectivity index (χ1) is 17.6. The lowest BCUT2D eigenvalue weighted by molar-refractivity contribution is 0.589. The minimum absolute atomic E-state index is 0.198. The lowest BCUT2D eigenvalue weighted by atomic mass is 10.4. The summed E-state index contributed by atoms with van der Waals surface area (Å²) >= 11 is 8.66. The summed E-state index contributed by atoms with van der Waals surface area (Å²) in [5.41, 5.74) is 2.55. The van der Waals surface area contributed by atoms with Crippen LogP contribution in [0, 0.1) is 0 Å². The third-order valence-corrected chi connectivity index (χ3v) is 11.5. The summed E-state index contributed by atoms with van der Waals surface area (Å²) in [6, 6.07) is 13.5. The lowest BCUT2D eigenvalue weighted by Crippen LogP contribution is -2.11. The molecular weight excluding hydrogens is 712 g/mol. The molecule has 0 amide bonds. The van der Waals surface area contributed by atoms with Crippen molar-refractivity contribution in [3.63, 3.8) is 0 Å². The van der Waals surface area contributed by atoms with E-state index in [1.54, 1.807) is 53.5 Å². The van der Waals surface area contributed by atoms with E-state index >= 15 is 0 Å². The summed E-state index contributed by atoms with van der Waals surface area (Å²) in [6.45, 7) is 0. The van der Waals surface area contributed by atoms with Gasteiger partial charge in [0.25, 0.3) is 19.1 Å². The largest absolute Gasteiger partial charge is 0.331 e. The van der Waals surface area contributed by atoms with E-state index in [1.807, 2.05) is 12.1 Å². The van der Waals surface area contributed by atoms with Crippen LogP contribution in [0.5, 0.6) is 0 Å². The quantitative estimate of drug-likeness (QED) is 0.223. The molecule has 1 N–H and O–H groups in total. The molecule has 0 aromatic carbocycles. The first-order valence-corrected chi connectivity index (χ1v) is 16.9. The van der Waals surface area contributed by atoms with Crippen molar-refractivity contribution in [3.8, 4) is 0 Å². The molecule has 0 fully saturated rings. The molecule has 0 bridgehead atoms. The van der Waals surface area contributed by atoms with Crippen LogP contribution in [0.3, 0.4) is 0 Å². The molecule has 0 aliphatic rings. The molecule has 0 spiro atoms. The maximum absolute atomic E-state index is 12.5.